The first-order valence-electron chi connectivity index (χ1n) is 8.58. The lowest BCUT2D eigenvalue weighted by Crippen LogP contribution is -2.27. The van der Waals surface area contributed by atoms with Crippen LogP contribution in [0.25, 0.3) is 5.69 Å². The van der Waals surface area contributed by atoms with E-state index in [9.17, 15) is 9.59 Å². The molecule has 26 heavy (non-hydrogen) atoms. The minimum Gasteiger partial charge on any atom is -0.348 e. The number of hydrogen-bond donors (Lipinski definition) is 3. The molecule has 0 unspecified atom stereocenters. The number of amides is 3. The van der Waals surface area contributed by atoms with E-state index in [1.165, 1.54) is 7.11 Å². The third-order valence-corrected chi connectivity index (χ3v) is 3.94. The summed E-state index contributed by atoms with van der Waals surface area (Å²) in [7, 11) is 1.36. The van der Waals surface area contributed by atoms with Crippen LogP contribution in [0.2, 0.25) is 0 Å². The molecule has 9 heteroatoms. The summed E-state index contributed by atoms with van der Waals surface area (Å²) in [5.41, 5.74) is 4.71. The van der Waals surface area contributed by atoms with Crippen molar-refractivity contribution in [1.29, 1.82) is 0 Å². The first-order valence-corrected chi connectivity index (χ1v) is 8.58. The molecule has 1 aromatic heterocycles. The molecular formula is C17H22N6O3. The number of hydroxylamine groups is 1. The number of anilines is 1. The molecule has 0 atom stereocenters. The minimum absolute atomic E-state index is 0.170. The molecule has 1 fully saturated rings. The highest BCUT2D eigenvalue weighted by atomic mass is 16.6. The van der Waals surface area contributed by atoms with Crippen molar-refractivity contribution in [2.75, 3.05) is 12.4 Å². The van der Waals surface area contributed by atoms with Crippen molar-refractivity contribution in [1.82, 2.24) is 25.8 Å². The highest BCUT2D eigenvalue weighted by Crippen LogP contribution is 2.21. The molecule has 2 aromatic rings. The Morgan fingerprint density at radius 1 is 1.27 bits per heavy atom. The van der Waals surface area contributed by atoms with E-state index in [4.69, 9.17) is 0 Å². The minimum atomic E-state index is -0.466. The van der Waals surface area contributed by atoms with Gasteiger partial charge in [0.1, 0.15) is 0 Å². The molecule has 1 saturated carbocycles. The molecule has 3 amide bonds. The quantitative estimate of drug-likeness (QED) is 0.654. The Hall–Kier alpha value is -2.94. The van der Waals surface area contributed by atoms with Gasteiger partial charge in [0, 0.05) is 11.7 Å². The molecule has 9 nitrogen and oxygen atoms in total. The number of nitrogens with zero attached hydrogens (tertiary/aromatic N) is 3. The largest absolute Gasteiger partial charge is 0.348 e. The zero-order valence-electron chi connectivity index (χ0n) is 14.8. The van der Waals surface area contributed by atoms with Gasteiger partial charge in [0.2, 0.25) is 0 Å². The van der Waals surface area contributed by atoms with Gasteiger partial charge in [-0.05, 0) is 43.5 Å². The van der Waals surface area contributed by atoms with Gasteiger partial charge in [0.05, 0.1) is 18.5 Å². The molecule has 0 radical (unpaired) electrons. The number of benzene rings is 1. The molecule has 1 aliphatic rings. The predicted molar refractivity (Wildman–Crippen MR) is 95.0 cm³/mol. The highest BCUT2D eigenvalue weighted by Gasteiger charge is 2.27. The van der Waals surface area contributed by atoms with Gasteiger partial charge in [0.15, 0.2) is 5.69 Å². The molecule has 0 spiro atoms. The Balaban J connectivity index is 1.80. The van der Waals surface area contributed by atoms with Crippen LogP contribution in [-0.2, 0) is 11.3 Å². The lowest BCUT2D eigenvalue weighted by atomic mass is 10.2. The monoisotopic (exact) mass is 358 g/mol. The summed E-state index contributed by atoms with van der Waals surface area (Å²) in [6.07, 6.45) is 3.60. The number of hydrogen-bond acceptors (Lipinski definition) is 5. The second-order valence-electron chi connectivity index (χ2n) is 6.10. The SMILES string of the molecule is CCCc1c(C(=O)NC2CC2)nnn1-c1ccc(NC(=O)NOC)cc1. The Bertz CT molecular complexity index is 782. The predicted octanol–water partition coefficient (Wildman–Crippen LogP) is 1.79. The van der Waals surface area contributed by atoms with Crippen LogP contribution < -0.4 is 16.1 Å². The van der Waals surface area contributed by atoms with E-state index in [1.807, 2.05) is 6.92 Å². The van der Waals surface area contributed by atoms with E-state index >= 15 is 0 Å². The summed E-state index contributed by atoms with van der Waals surface area (Å²) in [5, 5.41) is 13.8. The second-order valence-corrected chi connectivity index (χ2v) is 6.10. The van der Waals surface area contributed by atoms with Crippen molar-refractivity contribution in [3.63, 3.8) is 0 Å². The number of nitrogens with one attached hydrogen (secondary N) is 3. The van der Waals surface area contributed by atoms with E-state index in [0.29, 0.717) is 17.8 Å². The van der Waals surface area contributed by atoms with Crippen molar-refractivity contribution in [2.24, 2.45) is 0 Å². The molecular weight excluding hydrogens is 336 g/mol. The van der Waals surface area contributed by atoms with Crippen LogP contribution in [0.15, 0.2) is 24.3 Å². The Kier molecular flexibility index (Phi) is 5.47. The van der Waals surface area contributed by atoms with E-state index in [2.05, 4.69) is 31.3 Å². The fourth-order valence-corrected chi connectivity index (χ4v) is 2.56. The first-order chi connectivity index (χ1) is 12.6. The van der Waals surface area contributed by atoms with Crippen LogP contribution >= 0.6 is 0 Å². The van der Waals surface area contributed by atoms with Crippen molar-refractivity contribution in [2.45, 2.75) is 38.6 Å². The lowest BCUT2D eigenvalue weighted by molar-refractivity contribution is 0.0945. The maximum atomic E-state index is 12.4. The standard InChI is InChI=1S/C17H22N6O3/c1-3-4-14-15(16(24)18-11-5-6-11)20-22-23(14)13-9-7-12(8-10-13)19-17(25)21-26-2/h7-11H,3-6H2,1-2H3,(H,18,24)(H2,19,21,25). The molecule has 3 N–H and O–H groups in total. The lowest BCUT2D eigenvalue weighted by Gasteiger charge is -2.09. The number of rotatable bonds is 7. The van der Waals surface area contributed by atoms with Gasteiger partial charge in [-0.3, -0.25) is 9.63 Å². The smallest absolute Gasteiger partial charge is 0.343 e. The Morgan fingerprint density at radius 3 is 2.62 bits per heavy atom. The van der Waals surface area contributed by atoms with Gasteiger partial charge in [-0.1, -0.05) is 18.6 Å². The van der Waals surface area contributed by atoms with E-state index in [0.717, 1.165) is 30.6 Å². The summed E-state index contributed by atoms with van der Waals surface area (Å²) >= 11 is 0. The van der Waals surface area contributed by atoms with Gasteiger partial charge in [0.25, 0.3) is 5.91 Å². The average molecular weight is 358 g/mol. The van der Waals surface area contributed by atoms with Gasteiger partial charge >= 0.3 is 6.03 Å². The maximum Gasteiger partial charge on any atom is 0.343 e. The van der Waals surface area contributed by atoms with Crippen molar-refractivity contribution in [3.05, 3.63) is 35.7 Å². The summed E-state index contributed by atoms with van der Waals surface area (Å²) in [6.45, 7) is 2.04. The van der Waals surface area contributed by atoms with Crippen LogP contribution in [0.3, 0.4) is 0 Å². The number of aromatic nitrogens is 3. The van der Waals surface area contributed by atoms with E-state index in [1.54, 1.807) is 28.9 Å². The summed E-state index contributed by atoms with van der Waals surface area (Å²) in [6, 6.07) is 6.90. The van der Waals surface area contributed by atoms with Crippen LogP contribution in [0, 0.1) is 0 Å². The third kappa shape index (κ3) is 4.17. The molecule has 1 aliphatic carbocycles. The molecule has 1 heterocycles. The number of carbonyl (C=O) groups is 2. The average Bonchev–Trinajstić information content (AvgIpc) is 3.33. The molecule has 0 aliphatic heterocycles. The number of carbonyl (C=O) groups excluding carboxylic acids is 2. The Morgan fingerprint density at radius 2 is 2.00 bits per heavy atom. The van der Waals surface area contributed by atoms with Crippen molar-refractivity contribution >= 4 is 17.6 Å². The van der Waals surface area contributed by atoms with Crippen LogP contribution in [0.1, 0.15) is 42.4 Å². The molecule has 0 bridgehead atoms. The zero-order chi connectivity index (χ0) is 18.5. The van der Waals surface area contributed by atoms with Crippen LogP contribution in [0.5, 0.6) is 0 Å². The zero-order valence-corrected chi connectivity index (χ0v) is 14.8. The molecule has 138 valence electrons. The van der Waals surface area contributed by atoms with Gasteiger partial charge in [-0.15, -0.1) is 5.10 Å². The number of urea groups is 1. The fraction of sp³-hybridized carbons (Fsp3) is 0.412. The van der Waals surface area contributed by atoms with Gasteiger partial charge in [-0.25, -0.2) is 15.0 Å². The normalized spacial score (nSPS) is 13.3. The maximum absolute atomic E-state index is 12.4. The summed E-state index contributed by atoms with van der Waals surface area (Å²) < 4.78 is 1.67. The molecule has 3 rings (SSSR count). The fourth-order valence-electron chi connectivity index (χ4n) is 2.56. The van der Waals surface area contributed by atoms with E-state index in [-0.39, 0.29) is 11.9 Å². The van der Waals surface area contributed by atoms with Crippen molar-refractivity contribution in [3.8, 4) is 5.69 Å². The molecule has 1 aromatic carbocycles. The first kappa shape index (κ1) is 17.9. The molecule has 0 saturated heterocycles. The van der Waals surface area contributed by atoms with Crippen LogP contribution in [-0.4, -0.2) is 40.1 Å². The topological polar surface area (TPSA) is 110 Å². The second kappa shape index (κ2) is 7.96. The van der Waals surface area contributed by atoms with Gasteiger partial charge < -0.3 is 10.6 Å². The third-order valence-electron chi connectivity index (χ3n) is 3.94. The van der Waals surface area contributed by atoms with Crippen molar-refractivity contribution < 1.29 is 14.4 Å². The summed E-state index contributed by atoms with van der Waals surface area (Å²) in [5.74, 6) is -0.170. The summed E-state index contributed by atoms with van der Waals surface area (Å²) in [4.78, 5) is 28.4. The van der Waals surface area contributed by atoms with Gasteiger partial charge in [-0.2, -0.15) is 0 Å². The van der Waals surface area contributed by atoms with Crippen LogP contribution in [0.4, 0.5) is 10.5 Å². The van der Waals surface area contributed by atoms with E-state index < -0.39 is 6.03 Å². The Labute approximate surface area is 151 Å². The highest BCUT2D eigenvalue weighted by molar-refractivity contribution is 5.93.